The molecule has 0 unspecified atom stereocenters. The van der Waals surface area contributed by atoms with E-state index in [0.717, 1.165) is 11.3 Å². The molecule has 2 aromatic rings. The third-order valence-electron chi connectivity index (χ3n) is 2.71. The second-order valence-corrected chi connectivity index (χ2v) is 4.36. The fourth-order valence-corrected chi connectivity index (χ4v) is 1.68. The van der Waals surface area contributed by atoms with Crippen LogP contribution < -0.4 is 5.56 Å². The maximum Gasteiger partial charge on any atom is 0.274 e. The van der Waals surface area contributed by atoms with Gasteiger partial charge in [0.25, 0.3) is 5.56 Å². The Morgan fingerprint density at radius 2 is 1.81 bits per heavy atom. The maximum absolute atomic E-state index is 12.0. The predicted octanol–water partition coefficient (Wildman–Crippen LogP) is 2.60. The number of nitrogens with one attached hydrogen (secondary N) is 1. The Kier molecular flexibility index (Phi) is 2.69. The summed E-state index contributed by atoms with van der Waals surface area (Å²) in [7, 11) is 0. The van der Waals surface area contributed by atoms with E-state index in [4.69, 9.17) is 0 Å². The highest BCUT2D eigenvalue weighted by Gasteiger charge is 2.10. The standard InChI is InChI=1S/C13H16N2O/c1-9(2)12-8-14-15(13(12)16)11-6-4-10(3)5-7-11/h4-9,14H,1-3H3. The lowest BCUT2D eigenvalue weighted by Gasteiger charge is -2.01. The van der Waals surface area contributed by atoms with Crippen molar-refractivity contribution in [2.45, 2.75) is 26.7 Å². The number of aromatic amines is 1. The minimum atomic E-state index is 0.0406. The van der Waals surface area contributed by atoms with E-state index in [0.29, 0.717) is 0 Å². The van der Waals surface area contributed by atoms with Crippen LogP contribution in [-0.2, 0) is 0 Å². The molecular weight excluding hydrogens is 200 g/mol. The average molecular weight is 216 g/mol. The van der Waals surface area contributed by atoms with Crippen LogP contribution in [0.4, 0.5) is 0 Å². The molecule has 0 radical (unpaired) electrons. The Hall–Kier alpha value is -1.77. The number of aromatic nitrogens is 2. The van der Waals surface area contributed by atoms with Gasteiger partial charge < -0.3 is 0 Å². The molecule has 3 heteroatoms. The summed E-state index contributed by atoms with van der Waals surface area (Å²) >= 11 is 0. The molecule has 0 spiro atoms. The van der Waals surface area contributed by atoms with Crippen molar-refractivity contribution in [2.75, 3.05) is 0 Å². The molecule has 0 atom stereocenters. The van der Waals surface area contributed by atoms with Gasteiger partial charge in [-0.1, -0.05) is 31.5 Å². The second-order valence-electron chi connectivity index (χ2n) is 4.36. The van der Waals surface area contributed by atoms with Gasteiger partial charge in [-0.05, 0) is 25.0 Å². The zero-order chi connectivity index (χ0) is 11.7. The normalized spacial score (nSPS) is 11.0. The summed E-state index contributed by atoms with van der Waals surface area (Å²) in [6, 6.07) is 7.88. The summed E-state index contributed by atoms with van der Waals surface area (Å²) in [6.07, 6.45) is 1.78. The van der Waals surface area contributed by atoms with Crippen molar-refractivity contribution < 1.29 is 0 Å². The Balaban J connectivity index is 2.49. The number of benzene rings is 1. The van der Waals surface area contributed by atoms with E-state index in [1.807, 2.05) is 45.0 Å². The molecule has 0 fully saturated rings. The van der Waals surface area contributed by atoms with Crippen LogP contribution in [0.25, 0.3) is 5.69 Å². The van der Waals surface area contributed by atoms with Crippen LogP contribution >= 0.6 is 0 Å². The number of nitrogens with zero attached hydrogens (tertiary/aromatic N) is 1. The highest BCUT2D eigenvalue weighted by molar-refractivity contribution is 5.34. The van der Waals surface area contributed by atoms with Crippen molar-refractivity contribution in [3.05, 3.63) is 51.9 Å². The first kappa shape index (κ1) is 10.7. The van der Waals surface area contributed by atoms with Crippen molar-refractivity contribution in [2.24, 2.45) is 0 Å². The van der Waals surface area contributed by atoms with Gasteiger partial charge in [-0.2, -0.15) is 0 Å². The Morgan fingerprint density at radius 3 is 2.31 bits per heavy atom. The molecule has 3 nitrogen and oxygen atoms in total. The van der Waals surface area contributed by atoms with Gasteiger partial charge in [-0.25, -0.2) is 4.68 Å². The van der Waals surface area contributed by atoms with Crippen LogP contribution in [0.1, 0.15) is 30.9 Å². The molecule has 16 heavy (non-hydrogen) atoms. The van der Waals surface area contributed by atoms with Gasteiger partial charge >= 0.3 is 0 Å². The molecule has 1 N–H and O–H groups in total. The Morgan fingerprint density at radius 1 is 1.19 bits per heavy atom. The molecule has 0 aliphatic rings. The molecule has 0 aliphatic carbocycles. The summed E-state index contributed by atoms with van der Waals surface area (Å²) in [5.74, 6) is 0.246. The van der Waals surface area contributed by atoms with Crippen LogP contribution in [0, 0.1) is 6.92 Å². The molecule has 2 rings (SSSR count). The monoisotopic (exact) mass is 216 g/mol. The molecule has 0 aliphatic heterocycles. The maximum atomic E-state index is 12.0. The average Bonchev–Trinajstić information content (AvgIpc) is 2.61. The minimum absolute atomic E-state index is 0.0406. The molecule has 1 heterocycles. The first-order chi connectivity index (χ1) is 7.59. The molecule has 0 saturated heterocycles. The summed E-state index contributed by atoms with van der Waals surface area (Å²) < 4.78 is 1.58. The third-order valence-corrected chi connectivity index (χ3v) is 2.71. The minimum Gasteiger partial charge on any atom is -0.298 e. The van der Waals surface area contributed by atoms with Gasteiger partial charge in [0.1, 0.15) is 0 Å². The molecule has 0 saturated carbocycles. The quantitative estimate of drug-likeness (QED) is 0.823. The van der Waals surface area contributed by atoms with Crippen molar-refractivity contribution in [1.29, 1.82) is 0 Å². The number of H-pyrrole nitrogens is 1. The van der Waals surface area contributed by atoms with Crippen LogP contribution in [-0.4, -0.2) is 9.78 Å². The summed E-state index contributed by atoms with van der Waals surface area (Å²) in [4.78, 5) is 12.0. The van der Waals surface area contributed by atoms with Crippen LogP contribution in [0.15, 0.2) is 35.3 Å². The Labute approximate surface area is 94.7 Å². The number of rotatable bonds is 2. The van der Waals surface area contributed by atoms with E-state index in [-0.39, 0.29) is 11.5 Å². The van der Waals surface area contributed by atoms with Gasteiger partial charge in [-0.15, -0.1) is 0 Å². The fourth-order valence-electron chi connectivity index (χ4n) is 1.68. The summed E-state index contributed by atoms with van der Waals surface area (Å²) in [6.45, 7) is 6.06. The number of hydrogen-bond donors (Lipinski definition) is 1. The SMILES string of the molecule is Cc1ccc(-n2[nH]cc(C(C)C)c2=O)cc1. The Bertz CT molecular complexity index is 532. The van der Waals surface area contributed by atoms with E-state index >= 15 is 0 Å². The lowest BCUT2D eigenvalue weighted by molar-refractivity contribution is 0.825. The molecule has 84 valence electrons. The lowest BCUT2D eigenvalue weighted by atomic mass is 10.1. The topological polar surface area (TPSA) is 37.8 Å². The van der Waals surface area contributed by atoms with Gasteiger partial charge in [-0.3, -0.25) is 9.89 Å². The van der Waals surface area contributed by atoms with Crippen molar-refractivity contribution >= 4 is 0 Å². The lowest BCUT2D eigenvalue weighted by Crippen LogP contribution is -2.17. The zero-order valence-corrected chi connectivity index (χ0v) is 9.82. The van der Waals surface area contributed by atoms with E-state index in [9.17, 15) is 4.79 Å². The van der Waals surface area contributed by atoms with Gasteiger partial charge in [0, 0.05) is 11.8 Å². The van der Waals surface area contributed by atoms with Gasteiger partial charge in [0.15, 0.2) is 0 Å². The summed E-state index contributed by atoms with van der Waals surface area (Å²) in [5, 5.41) is 3.00. The fraction of sp³-hybridized carbons (Fsp3) is 0.308. The van der Waals surface area contributed by atoms with Gasteiger partial charge in [0.2, 0.25) is 0 Å². The molecular formula is C13H16N2O. The van der Waals surface area contributed by atoms with Crippen molar-refractivity contribution in [1.82, 2.24) is 9.78 Å². The summed E-state index contributed by atoms with van der Waals surface area (Å²) in [5.41, 5.74) is 2.93. The number of aryl methyl sites for hydroxylation is 1. The van der Waals surface area contributed by atoms with Crippen LogP contribution in [0.2, 0.25) is 0 Å². The second kappa shape index (κ2) is 4.00. The first-order valence-electron chi connectivity index (χ1n) is 5.47. The van der Waals surface area contributed by atoms with Gasteiger partial charge in [0.05, 0.1) is 5.69 Å². The largest absolute Gasteiger partial charge is 0.298 e. The van der Waals surface area contributed by atoms with Crippen LogP contribution in [0.5, 0.6) is 0 Å². The zero-order valence-electron chi connectivity index (χ0n) is 9.82. The predicted molar refractivity (Wildman–Crippen MR) is 65.2 cm³/mol. The van der Waals surface area contributed by atoms with E-state index in [2.05, 4.69) is 5.10 Å². The highest BCUT2D eigenvalue weighted by Crippen LogP contribution is 2.11. The van der Waals surface area contributed by atoms with Crippen molar-refractivity contribution in [3.63, 3.8) is 0 Å². The van der Waals surface area contributed by atoms with E-state index in [1.165, 1.54) is 5.56 Å². The van der Waals surface area contributed by atoms with Crippen molar-refractivity contribution in [3.8, 4) is 5.69 Å². The smallest absolute Gasteiger partial charge is 0.274 e. The van der Waals surface area contributed by atoms with E-state index in [1.54, 1.807) is 10.9 Å². The molecule has 1 aromatic heterocycles. The van der Waals surface area contributed by atoms with E-state index < -0.39 is 0 Å². The molecule has 1 aromatic carbocycles. The third kappa shape index (κ3) is 1.81. The molecule has 0 amide bonds. The number of hydrogen-bond acceptors (Lipinski definition) is 1. The first-order valence-corrected chi connectivity index (χ1v) is 5.47. The van der Waals surface area contributed by atoms with Crippen LogP contribution in [0.3, 0.4) is 0 Å². The molecule has 0 bridgehead atoms. The highest BCUT2D eigenvalue weighted by atomic mass is 16.1.